The van der Waals surface area contributed by atoms with Crippen molar-refractivity contribution in [3.05, 3.63) is 39.8 Å². The Balaban J connectivity index is 0.00000312. The van der Waals surface area contributed by atoms with Crippen molar-refractivity contribution >= 4 is 46.9 Å². The molecular weight excluding hydrogens is 360 g/mol. The zero-order valence-corrected chi connectivity index (χ0v) is 16.1. The molecule has 6 nitrogen and oxygen atoms in total. The second-order valence-corrected chi connectivity index (χ2v) is 6.74. The number of amides is 2. The van der Waals surface area contributed by atoms with Crippen molar-refractivity contribution in [2.24, 2.45) is 11.7 Å². The lowest BCUT2D eigenvalue weighted by molar-refractivity contribution is -0.118. The second-order valence-electron chi connectivity index (χ2n) is 5.79. The fourth-order valence-corrected chi connectivity index (χ4v) is 2.76. The van der Waals surface area contributed by atoms with Gasteiger partial charge in [-0.25, -0.2) is 4.98 Å². The third kappa shape index (κ3) is 5.81. The van der Waals surface area contributed by atoms with Crippen LogP contribution in [0.2, 0.25) is 0 Å². The lowest BCUT2D eigenvalue weighted by atomic mass is 10.1. The van der Waals surface area contributed by atoms with Crippen LogP contribution in [0.25, 0.3) is 0 Å². The maximum atomic E-state index is 12.3. The van der Waals surface area contributed by atoms with Crippen LogP contribution in [0.3, 0.4) is 0 Å². The summed E-state index contributed by atoms with van der Waals surface area (Å²) in [6.07, 6.45) is 0.660. The number of benzene rings is 1. The molecule has 25 heavy (non-hydrogen) atoms. The topological polar surface area (TPSA) is 97.1 Å². The number of carbonyl (C=O) groups is 2. The van der Waals surface area contributed by atoms with E-state index >= 15 is 0 Å². The Morgan fingerprint density at radius 3 is 2.64 bits per heavy atom. The van der Waals surface area contributed by atoms with Crippen LogP contribution in [0.5, 0.6) is 0 Å². The summed E-state index contributed by atoms with van der Waals surface area (Å²) in [6.45, 7) is 6.05. The molecule has 2 rings (SSSR count). The SMILES string of the molecule is Cc1ccc(NC(=O)C(C)C)cc1NC(=O)c1csc(CCN)n1.Cl. The molecule has 4 N–H and O–H groups in total. The Kier molecular flexibility index (Phi) is 8.02. The zero-order chi connectivity index (χ0) is 17.7. The first-order chi connectivity index (χ1) is 11.4. The fourth-order valence-electron chi connectivity index (χ4n) is 1.96. The van der Waals surface area contributed by atoms with Crippen LogP contribution >= 0.6 is 23.7 Å². The molecule has 8 heteroatoms. The van der Waals surface area contributed by atoms with E-state index in [1.165, 1.54) is 11.3 Å². The van der Waals surface area contributed by atoms with Gasteiger partial charge in [0.1, 0.15) is 5.69 Å². The highest BCUT2D eigenvalue weighted by atomic mass is 35.5. The molecule has 0 saturated heterocycles. The predicted octanol–water partition coefficient (Wildman–Crippen LogP) is 3.22. The van der Waals surface area contributed by atoms with E-state index < -0.39 is 0 Å². The van der Waals surface area contributed by atoms with Gasteiger partial charge in [-0.3, -0.25) is 9.59 Å². The molecule has 0 radical (unpaired) electrons. The summed E-state index contributed by atoms with van der Waals surface area (Å²) in [5, 5.41) is 8.24. The number of hydrogen-bond acceptors (Lipinski definition) is 5. The standard InChI is InChI=1S/C17H22N4O2S.ClH/c1-10(2)16(22)19-12-5-4-11(3)13(8-12)21-17(23)14-9-24-15(20-14)6-7-18;/h4-5,8-10H,6-7,18H2,1-3H3,(H,19,22)(H,21,23);1H. The van der Waals surface area contributed by atoms with E-state index in [1.54, 1.807) is 11.4 Å². The van der Waals surface area contributed by atoms with E-state index in [9.17, 15) is 9.59 Å². The summed E-state index contributed by atoms with van der Waals surface area (Å²) < 4.78 is 0. The van der Waals surface area contributed by atoms with E-state index in [1.807, 2.05) is 32.9 Å². The van der Waals surface area contributed by atoms with E-state index in [2.05, 4.69) is 15.6 Å². The molecule has 0 aliphatic heterocycles. The molecule has 0 aliphatic rings. The number of anilines is 2. The molecule has 136 valence electrons. The zero-order valence-electron chi connectivity index (χ0n) is 14.5. The van der Waals surface area contributed by atoms with Crippen LogP contribution < -0.4 is 16.4 Å². The largest absolute Gasteiger partial charge is 0.330 e. The van der Waals surface area contributed by atoms with Gasteiger partial charge in [-0.05, 0) is 31.2 Å². The number of rotatable bonds is 6. The molecular formula is C17H23ClN4O2S. The Morgan fingerprint density at radius 1 is 1.28 bits per heavy atom. The van der Waals surface area contributed by atoms with Crippen molar-refractivity contribution in [3.8, 4) is 0 Å². The van der Waals surface area contributed by atoms with Crippen molar-refractivity contribution in [2.75, 3.05) is 17.2 Å². The van der Waals surface area contributed by atoms with Crippen molar-refractivity contribution in [2.45, 2.75) is 27.2 Å². The van der Waals surface area contributed by atoms with Crippen LogP contribution in [0.15, 0.2) is 23.6 Å². The highest BCUT2D eigenvalue weighted by molar-refractivity contribution is 7.09. The van der Waals surface area contributed by atoms with Crippen LogP contribution in [0.4, 0.5) is 11.4 Å². The minimum atomic E-state index is -0.273. The molecule has 0 aliphatic carbocycles. The highest BCUT2D eigenvalue weighted by Gasteiger charge is 2.13. The highest BCUT2D eigenvalue weighted by Crippen LogP contribution is 2.22. The van der Waals surface area contributed by atoms with Gasteiger partial charge in [-0.2, -0.15) is 0 Å². The predicted molar refractivity (Wildman–Crippen MR) is 105 cm³/mol. The molecule has 1 heterocycles. The molecule has 0 bridgehead atoms. The normalized spacial score (nSPS) is 10.3. The van der Waals surface area contributed by atoms with Crippen LogP contribution in [0, 0.1) is 12.8 Å². The molecule has 0 atom stereocenters. The molecule has 2 aromatic rings. The summed E-state index contributed by atoms with van der Waals surface area (Å²) in [5.41, 5.74) is 8.08. The lowest BCUT2D eigenvalue weighted by Gasteiger charge is -2.12. The second kappa shape index (κ2) is 9.50. The van der Waals surface area contributed by atoms with Gasteiger partial charge in [-0.15, -0.1) is 23.7 Å². The number of hydrogen-bond donors (Lipinski definition) is 3. The summed E-state index contributed by atoms with van der Waals surface area (Å²) >= 11 is 1.42. The van der Waals surface area contributed by atoms with Gasteiger partial charge in [0.15, 0.2) is 0 Å². The summed E-state index contributed by atoms with van der Waals surface area (Å²) in [5.74, 6) is -0.452. The Morgan fingerprint density at radius 2 is 2.00 bits per heavy atom. The van der Waals surface area contributed by atoms with Gasteiger partial charge in [0.2, 0.25) is 5.91 Å². The summed E-state index contributed by atoms with van der Waals surface area (Å²) in [6, 6.07) is 5.42. The Bertz CT molecular complexity index is 746. The van der Waals surface area contributed by atoms with Crippen molar-refractivity contribution < 1.29 is 9.59 Å². The third-order valence-electron chi connectivity index (χ3n) is 3.42. The summed E-state index contributed by atoms with van der Waals surface area (Å²) in [7, 11) is 0. The van der Waals surface area contributed by atoms with Gasteiger partial charge < -0.3 is 16.4 Å². The molecule has 1 aromatic heterocycles. The number of nitrogens with two attached hydrogens (primary N) is 1. The number of aryl methyl sites for hydroxylation is 1. The molecule has 0 fully saturated rings. The maximum Gasteiger partial charge on any atom is 0.275 e. The quantitative estimate of drug-likeness (QED) is 0.714. The van der Waals surface area contributed by atoms with Crippen molar-refractivity contribution in [1.82, 2.24) is 4.98 Å². The van der Waals surface area contributed by atoms with E-state index in [-0.39, 0.29) is 30.1 Å². The van der Waals surface area contributed by atoms with E-state index in [0.29, 0.717) is 30.0 Å². The lowest BCUT2D eigenvalue weighted by Crippen LogP contribution is -2.18. The van der Waals surface area contributed by atoms with E-state index in [0.717, 1.165) is 10.6 Å². The van der Waals surface area contributed by atoms with Crippen molar-refractivity contribution in [1.29, 1.82) is 0 Å². The van der Waals surface area contributed by atoms with Crippen LogP contribution in [-0.2, 0) is 11.2 Å². The number of carbonyl (C=O) groups excluding carboxylic acids is 2. The maximum absolute atomic E-state index is 12.3. The Hall–Kier alpha value is -1.96. The summed E-state index contributed by atoms with van der Waals surface area (Å²) in [4.78, 5) is 28.4. The minimum Gasteiger partial charge on any atom is -0.330 e. The first-order valence-electron chi connectivity index (χ1n) is 7.78. The van der Waals surface area contributed by atoms with E-state index in [4.69, 9.17) is 5.73 Å². The first-order valence-corrected chi connectivity index (χ1v) is 8.66. The number of nitrogens with zero attached hydrogens (tertiary/aromatic N) is 1. The van der Waals surface area contributed by atoms with Crippen LogP contribution in [0.1, 0.15) is 34.9 Å². The van der Waals surface area contributed by atoms with Crippen LogP contribution in [-0.4, -0.2) is 23.3 Å². The number of nitrogens with one attached hydrogen (secondary N) is 2. The number of thiazole rings is 1. The number of aromatic nitrogens is 1. The monoisotopic (exact) mass is 382 g/mol. The number of halogens is 1. The third-order valence-corrected chi connectivity index (χ3v) is 4.33. The molecule has 0 saturated carbocycles. The fraction of sp³-hybridized carbons (Fsp3) is 0.353. The van der Waals surface area contributed by atoms with Gasteiger partial charge >= 0.3 is 0 Å². The molecule has 0 unspecified atom stereocenters. The molecule has 0 spiro atoms. The Labute approximate surface area is 157 Å². The average Bonchev–Trinajstić information content (AvgIpc) is 2.99. The van der Waals surface area contributed by atoms with Gasteiger partial charge in [0, 0.05) is 29.1 Å². The molecule has 2 amide bonds. The first kappa shape index (κ1) is 21.1. The average molecular weight is 383 g/mol. The van der Waals surface area contributed by atoms with Gasteiger partial charge in [0.05, 0.1) is 5.01 Å². The van der Waals surface area contributed by atoms with Gasteiger partial charge in [-0.1, -0.05) is 19.9 Å². The van der Waals surface area contributed by atoms with Gasteiger partial charge in [0.25, 0.3) is 5.91 Å². The minimum absolute atomic E-state index is 0. The molecule has 1 aromatic carbocycles. The van der Waals surface area contributed by atoms with Crippen molar-refractivity contribution in [3.63, 3.8) is 0 Å². The smallest absolute Gasteiger partial charge is 0.275 e.